The molecule has 0 aliphatic rings. The number of aromatic nitrogens is 1. The number of rotatable bonds is 4. The predicted octanol–water partition coefficient (Wildman–Crippen LogP) is 5.44. The van der Waals surface area contributed by atoms with Crippen LogP contribution in [0.25, 0.3) is 16.7 Å². The van der Waals surface area contributed by atoms with E-state index in [4.69, 9.17) is 23.2 Å². The lowest BCUT2D eigenvalue weighted by atomic mass is 9.98. The Bertz CT molecular complexity index is 714. The fraction of sp³-hybridized carbons (Fsp3) is 0.167. The highest BCUT2D eigenvalue weighted by Gasteiger charge is 2.09. The monoisotopic (exact) mass is 333 g/mol. The Hall–Kier alpha value is -1.61. The Morgan fingerprint density at radius 2 is 1.86 bits per heavy atom. The van der Waals surface area contributed by atoms with Crippen LogP contribution in [0.1, 0.15) is 25.1 Å². The van der Waals surface area contributed by atoms with Gasteiger partial charge in [-0.1, -0.05) is 41.4 Å². The van der Waals surface area contributed by atoms with E-state index in [1.807, 2.05) is 56.3 Å². The van der Waals surface area contributed by atoms with Crippen LogP contribution in [0.2, 0.25) is 5.02 Å². The molecule has 1 aromatic heterocycles. The van der Waals surface area contributed by atoms with Crippen LogP contribution in [-0.4, -0.2) is 10.1 Å². The van der Waals surface area contributed by atoms with Crippen molar-refractivity contribution in [2.45, 2.75) is 20.5 Å². The molecule has 1 aromatic carbocycles. The van der Waals surface area contributed by atoms with Crippen LogP contribution in [0.3, 0.4) is 0 Å². The first-order valence-corrected chi connectivity index (χ1v) is 7.63. The molecule has 0 unspecified atom stereocenters. The summed E-state index contributed by atoms with van der Waals surface area (Å²) in [6.07, 6.45) is 5.45. The van der Waals surface area contributed by atoms with Gasteiger partial charge in [-0.3, -0.25) is 4.98 Å². The van der Waals surface area contributed by atoms with Crippen molar-refractivity contribution in [2.75, 3.05) is 0 Å². The highest BCUT2D eigenvalue weighted by Crippen LogP contribution is 2.29. The summed E-state index contributed by atoms with van der Waals surface area (Å²) >= 11 is 11.8. The number of allylic oxidation sites excluding steroid dienone is 4. The zero-order valence-corrected chi connectivity index (χ0v) is 14.0. The molecule has 0 fully saturated rings. The maximum Gasteiger partial charge on any atom is 0.0737 e. The Labute approximate surface area is 140 Å². The Balaban J connectivity index is 2.57. The van der Waals surface area contributed by atoms with Crippen molar-refractivity contribution in [1.29, 1.82) is 0 Å². The highest BCUT2D eigenvalue weighted by molar-refractivity contribution is 6.30. The molecular formula is C18H17Cl2NO. The summed E-state index contributed by atoms with van der Waals surface area (Å²) in [4.78, 5) is 4.49. The van der Waals surface area contributed by atoms with E-state index in [0.29, 0.717) is 10.1 Å². The lowest BCUT2D eigenvalue weighted by Crippen LogP contribution is -1.95. The maximum absolute atomic E-state index is 9.36. The van der Waals surface area contributed by atoms with Crippen LogP contribution in [0.4, 0.5) is 0 Å². The highest BCUT2D eigenvalue weighted by atomic mass is 35.5. The van der Waals surface area contributed by atoms with Gasteiger partial charge in [0.05, 0.1) is 12.3 Å². The fourth-order valence-electron chi connectivity index (χ4n) is 2.08. The number of halogens is 2. The van der Waals surface area contributed by atoms with Gasteiger partial charge in [0.25, 0.3) is 0 Å². The minimum absolute atomic E-state index is 0.0443. The number of hydrogen-bond acceptors (Lipinski definition) is 2. The second-order valence-corrected chi connectivity index (χ2v) is 6.04. The standard InChI is InChI=1S/C18H17Cl2NO/c1-12(3-4-13(2)19)18-17(9-14(11-22)10-21-18)15-5-7-16(20)8-6-15/h3-10,22H,11H2,1-2H3/b12-3+,13-4+. The lowest BCUT2D eigenvalue weighted by Gasteiger charge is -2.11. The Morgan fingerprint density at radius 3 is 2.45 bits per heavy atom. The van der Waals surface area contributed by atoms with Crippen molar-refractivity contribution in [3.63, 3.8) is 0 Å². The zero-order valence-electron chi connectivity index (χ0n) is 12.5. The molecule has 0 spiro atoms. The zero-order chi connectivity index (χ0) is 16.1. The summed E-state index contributed by atoms with van der Waals surface area (Å²) in [7, 11) is 0. The second-order valence-electron chi connectivity index (χ2n) is 5.01. The van der Waals surface area contributed by atoms with Crippen molar-refractivity contribution < 1.29 is 5.11 Å². The Kier molecular flexibility index (Phi) is 5.78. The number of benzene rings is 1. The third-order valence-electron chi connectivity index (χ3n) is 3.22. The molecule has 0 saturated carbocycles. The van der Waals surface area contributed by atoms with Gasteiger partial charge in [0.2, 0.25) is 0 Å². The van der Waals surface area contributed by atoms with Gasteiger partial charge < -0.3 is 5.11 Å². The van der Waals surface area contributed by atoms with Gasteiger partial charge in [-0.25, -0.2) is 0 Å². The van der Waals surface area contributed by atoms with Crippen molar-refractivity contribution >= 4 is 28.8 Å². The predicted molar refractivity (Wildman–Crippen MR) is 93.9 cm³/mol. The molecule has 2 rings (SSSR count). The molecule has 2 nitrogen and oxygen atoms in total. The quantitative estimate of drug-likeness (QED) is 0.755. The normalized spacial score (nSPS) is 12.6. The average Bonchev–Trinajstić information content (AvgIpc) is 2.52. The van der Waals surface area contributed by atoms with Gasteiger partial charge in [-0.2, -0.15) is 0 Å². The molecule has 22 heavy (non-hydrogen) atoms. The third-order valence-corrected chi connectivity index (χ3v) is 3.60. The summed E-state index contributed by atoms with van der Waals surface area (Å²) in [5.74, 6) is 0. The first-order chi connectivity index (χ1) is 10.5. The summed E-state index contributed by atoms with van der Waals surface area (Å²) in [6.45, 7) is 3.77. The topological polar surface area (TPSA) is 33.1 Å². The van der Waals surface area contributed by atoms with Crippen molar-refractivity contribution in [1.82, 2.24) is 4.98 Å². The van der Waals surface area contributed by atoms with Crippen LogP contribution in [0, 0.1) is 0 Å². The van der Waals surface area contributed by atoms with Gasteiger partial charge in [0, 0.05) is 21.8 Å². The van der Waals surface area contributed by atoms with Gasteiger partial charge in [0.1, 0.15) is 0 Å². The number of nitrogens with zero attached hydrogens (tertiary/aromatic N) is 1. The first kappa shape index (κ1) is 16.8. The minimum atomic E-state index is -0.0443. The summed E-state index contributed by atoms with van der Waals surface area (Å²) in [5.41, 5.74) is 4.58. The van der Waals surface area contributed by atoms with Crippen molar-refractivity contribution in [3.8, 4) is 11.1 Å². The van der Waals surface area contributed by atoms with Crippen LogP contribution in [-0.2, 0) is 6.61 Å². The van der Waals surface area contributed by atoms with Gasteiger partial charge >= 0.3 is 0 Å². The molecule has 0 aliphatic heterocycles. The van der Waals surface area contributed by atoms with Gasteiger partial charge in [-0.15, -0.1) is 0 Å². The van der Waals surface area contributed by atoms with Crippen LogP contribution in [0.5, 0.6) is 0 Å². The van der Waals surface area contributed by atoms with Crippen molar-refractivity contribution in [3.05, 3.63) is 70.0 Å². The van der Waals surface area contributed by atoms with E-state index in [1.54, 1.807) is 6.20 Å². The summed E-state index contributed by atoms with van der Waals surface area (Å²) < 4.78 is 0. The van der Waals surface area contributed by atoms with Crippen molar-refractivity contribution in [2.24, 2.45) is 0 Å². The fourth-order valence-corrected chi connectivity index (χ4v) is 2.27. The molecule has 0 atom stereocenters. The lowest BCUT2D eigenvalue weighted by molar-refractivity contribution is 0.281. The van der Waals surface area contributed by atoms with Crippen LogP contribution >= 0.6 is 23.2 Å². The molecule has 2 aromatic rings. The van der Waals surface area contributed by atoms with Crippen LogP contribution < -0.4 is 0 Å². The number of aliphatic hydroxyl groups excluding tert-OH is 1. The largest absolute Gasteiger partial charge is 0.392 e. The van der Waals surface area contributed by atoms with E-state index < -0.39 is 0 Å². The molecule has 0 radical (unpaired) electrons. The number of hydrogen-bond donors (Lipinski definition) is 1. The molecule has 0 amide bonds. The molecule has 1 heterocycles. The van der Waals surface area contributed by atoms with E-state index in [0.717, 1.165) is 28.0 Å². The van der Waals surface area contributed by atoms with E-state index >= 15 is 0 Å². The minimum Gasteiger partial charge on any atom is -0.392 e. The number of aliphatic hydroxyl groups is 1. The van der Waals surface area contributed by atoms with E-state index in [2.05, 4.69) is 4.98 Å². The SMILES string of the molecule is C/C(Cl)=C\C=C(/C)c1ncc(CO)cc1-c1ccc(Cl)cc1. The maximum atomic E-state index is 9.36. The van der Waals surface area contributed by atoms with E-state index in [9.17, 15) is 5.11 Å². The van der Waals surface area contributed by atoms with Crippen LogP contribution in [0.15, 0.2) is 53.7 Å². The second kappa shape index (κ2) is 7.59. The summed E-state index contributed by atoms with van der Waals surface area (Å²) in [5, 5.41) is 10.7. The smallest absolute Gasteiger partial charge is 0.0737 e. The molecule has 114 valence electrons. The molecular weight excluding hydrogens is 317 g/mol. The van der Waals surface area contributed by atoms with E-state index in [-0.39, 0.29) is 6.61 Å². The summed E-state index contributed by atoms with van der Waals surface area (Å²) in [6, 6.07) is 9.52. The molecule has 0 bridgehead atoms. The van der Waals surface area contributed by atoms with Gasteiger partial charge in [-0.05, 0) is 54.8 Å². The molecule has 1 N–H and O–H groups in total. The van der Waals surface area contributed by atoms with E-state index in [1.165, 1.54) is 0 Å². The Morgan fingerprint density at radius 1 is 1.18 bits per heavy atom. The molecule has 4 heteroatoms. The average molecular weight is 334 g/mol. The van der Waals surface area contributed by atoms with Gasteiger partial charge in [0.15, 0.2) is 0 Å². The molecule has 0 aliphatic carbocycles. The molecule has 0 saturated heterocycles. The first-order valence-electron chi connectivity index (χ1n) is 6.88. The number of pyridine rings is 1. The third kappa shape index (κ3) is 4.20.